The molecule has 0 bridgehead atoms. The summed E-state index contributed by atoms with van der Waals surface area (Å²) < 4.78 is 30.3. The molecule has 0 spiro atoms. The molecular formula is C16H24N2O5S. The van der Waals surface area contributed by atoms with E-state index in [-0.39, 0.29) is 10.5 Å². The molecule has 1 aromatic rings. The lowest BCUT2D eigenvalue weighted by Crippen LogP contribution is -2.42. The van der Waals surface area contributed by atoms with Gasteiger partial charge in [-0.25, -0.2) is 17.5 Å². The molecule has 0 unspecified atom stereocenters. The minimum atomic E-state index is -3.66. The number of benzene rings is 1. The zero-order valence-corrected chi connectivity index (χ0v) is 15.7. The number of carbonyl (C=O) groups is 2. The highest BCUT2D eigenvalue weighted by molar-refractivity contribution is 7.89. The van der Waals surface area contributed by atoms with E-state index in [0.29, 0.717) is 5.56 Å². The maximum Gasteiger partial charge on any atom is 0.338 e. The third-order valence-corrected chi connectivity index (χ3v) is 4.87. The molecule has 1 aromatic carbocycles. The number of ether oxygens (including phenoxy) is 1. The second-order valence-electron chi connectivity index (χ2n) is 6.64. The number of esters is 1. The largest absolute Gasteiger partial charge is 0.452 e. The summed E-state index contributed by atoms with van der Waals surface area (Å²) in [6.07, 6.45) is 0. The predicted molar refractivity (Wildman–Crippen MR) is 90.2 cm³/mol. The molecule has 1 N–H and O–H groups in total. The van der Waals surface area contributed by atoms with Gasteiger partial charge in [0.05, 0.1) is 10.5 Å². The topological polar surface area (TPSA) is 92.8 Å². The molecule has 0 fully saturated rings. The molecule has 0 atom stereocenters. The monoisotopic (exact) mass is 356 g/mol. The summed E-state index contributed by atoms with van der Waals surface area (Å²) in [5.74, 6) is -1.17. The number of carbonyl (C=O) groups excluding carboxylic acids is 2. The Labute approximate surface area is 143 Å². The molecule has 0 aliphatic carbocycles. The van der Waals surface area contributed by atoms with E-state index < -0.39 is 34.0 Å². The van der Waals surface area contributed by atoms with Crippen LogP contribution in [0.25, 0.3) is 0 Å². The van der Waals surface area contributed by atoms with Crippen molar-refractivity contribution in [1.82, 2.24) is 9.62 Å². The van der Waals surface area contributed by atoms with Crippen molar-refractivity contribution in [1.29, 1.82) is 0 Å². The fourth-order valence-corrected chi connectivity index (χ4v) is 2.78. The molecule has 134 valence electrons. The van der Waals surface area contributed by atoms with Gasteiger partial charge in [0.15, 0.2) is 6.61 Å². The van der Waals surface area contributed by atoms with Gasteiger partial charge in [0.1, 0.15) is 0 Å². The van der Waals surface area contributed by atoms with Crippen LogP contribution < -0.4 is 5.32 Å². The molecule has 0 aliphatic heterocycles. The second-order valence-corrected chi connectivity index (χ2v) is 8.79. The van der Waals surface area contributed by atoms with Crippen molar-refractivity contribution in [2.75, 3.05) is 20.7 Å². The average molecular weight is 356 g/mol. The van der Waals surface area contributed by atoms with E-state index >= 15 is 0 Å². The van der Waals surface area contributed by atoms with E-state index in [1.54, 1.807) is 6.92 Å². The van der Waals surface area contributed by atoms with Crippen LogP contribution in [0.1, 0.15) is 36.7 Å². The molecule has 0 saturated carbocycles. The van der Waals surface area contributed by atoms with Crippen LogP contribution in [0.4, 0.5) is 0 Å². The maximum absolute atomic E-state index is 12.2. The number of nitrogens with one attached hydrogen (secondary N) is 1. The van der Waals surface area contributed by atoms with Crippen molar-refractivity contribution in [2.45, 2.75) is 38.1 Å². The van der Waals surface area contributed by atoms with Gasteiger partial charge in [0.25, 0.3) is 5.91 Å². The summed E-state index contributed by atoms with van der Waals surface area (Å²) >= 11 is 0. The number of nitrogens with zero attached hydrogens (tertiary/aromatic N) is 1. The number of rotatable bonds is 5. The summed E-state index contributed by atoms with van der Waals surface area (Å²) in [6.45, 7) is 6.67. The van der Waals surface area contributed by atoms with Crippen LogP contribution in [0.2, 0.25) is 0 Å². The number of aryl methyl sites for hydroxylation is 1. The van der Waals surface area contributed by atoms with E-state index in [2.05, 4.69) is 5.32 Å². The minimum absolute atomic E-state index is 0.0100. The third kappa shape index (κ3) is 5.31. The first-order chi connectivity index (χ1) is 10.8. The summed E-state index contributed by atoms with van der Waals surface area (Å²) in [7, 11) is -0.845. The van der Waals surface area contributed by atoms with Crippen LogP contribution in [0.5, 0.6) is 0 Å². The van der Waals surface area contributed by atoms with Gasteiger partial charge in [0, 0.05) is 19.6 Å². The van der Waals surface area contributed by atoms with Gasteiger partial charge in [-0.05, 0) is 45.4 Å². The molecule has 7 nitrogen and oxygen atoms in total. The third-order valence-electron chi connectivity index (χ3n) is 3.06. The lowest BCUT2D eigenvalue weighted by atomic mass is 10.1. The number of hydrogen-bond acceptors (Lipinski definition) is 5. The molecule has 24 heavy (non-hydrogen) atoms. The van der Waals surface area contributed by atoms with Gasteiger partial charge < -0.3 is 10.1 Å². The Kier molecular flexibility index (Phi) is 6.13. The Balaban J connectivity index is 2.94. The van der Waals surface area contributed by atoms with Gasteiger partial charge in [-0.15, -0.1) is 0 Å². The second kappa shape index (κ2) is 7.31. The van der Waals surface area contributed by atoms with Gasteiger partial charge in [0.2, 0.25) is 10.0 Å². The van der Waals surface area contributed by atoms with Gasteiger partial charge in [-0.2, -0.15) is 0 Å². The van der Waals surface area contributed by atoms with Crippen LogP contribution in [0.15, 0.2) is 23.1 Å². The normalized spacial score (nSPS) is 12.1. The molecule has 0 radical (unpaired) electrons. The first-order valence-corrected chi connectivity index (χ1v) is 8.80. The first-order valence-electron chi connectivity index (χ1n) is 7.36. The van der Waals surface area contributed by atoms with Gasteiger partial charge in [-0.1, -0.05) is 6.07 Å². The fourth-order valence-electron chi connectivity index (χ4n) is 1.86. The van der Waals surface area contributed by atoms with Crippen molar-refractivity contribution in [3.63, 3.8) is 0 Å². The predicted octanol–water partition coefficient (Wildman–Crippen LogP) is 1.32. The van der Waals surface area contributed by atoms with E-state index in [4.69, 9.17) is 4.74 Å². The SMILES string of the molecule is Cc1ccc(S(=O)(=O)N(C)C)cc1C(=O)OCC(=O)NC(C)(C)C. The van der Waals surface area contributed by atoms with Gasteiger partial charge >= 0.3 is 5.97 Å². The van der Waals surface area contributed by atoms with Crippen molar-refractivity contribution in [2.24, 2.45) is 0 Å². The fraction of sp³-hybridized carbons (Fsp3) is 0.500. The molecule has 0 heterocycles. The smallest absolute Gasteiger partial charge is 0.338 e. The van der Waals surface area contributed by atoms with E-state index in [1.807, 2.05) is 20.8 Å². The molecular weight excluding hydrogens is 332 g/mol. The lowest BCUT2D eigenvalue weighted by molar-refractivity contribution is -0.125. The Morgan fingerprint density at radius 3 is 2.29 bits per heavy atom. The molecule has 1 rings (SSSR count). The highest BCUT2D eigenvalue weighted by Gasteiger charge is 2.21. The van der Waals surface area contributed by atoms with Crippen LogP contribution in [0.3, 0.4) is 0 Å². The Hall–Kier alpha value is -1.93. The van der Waals surface area contributed by atoms with Crippen molar-refractivity contribution in [3.05, 3.63) is 29.3 Å². The Morgan fingerprint density at radius 2 is 1.79 bits per heavy atom. The maximum atomic E-state index is 12.2. The van der Waals surface area contributed by atoms with E-state index in [9.17, 15) is 18.0 Å². The zero-order valence-electron chi connectivity index (χ0n) is 14.8. The Bertz CT molecular complexity index is 733. The standard InChI is InChI=1S/C16H24N2O5S/c1-11-7-8-12(24(21,22)18(5)6)9-13(11)15(20)23-10-14(19)17-16(2,3)4/h7-9H,10H2,1-6H3,(H,17,19). The average Bonchev–Trinajstić information content (AvgIpc) is 2.43. The van der Waals surface area contributed by atoms with Crippen LogP contribution in [-0.2, 0) is 19.6 Å². The highest BCUT2D eigenvalue weighted by atomic mass is 32.2. The molecule has 0 aliphatic rings. The molecule has 0 saturated heterocycles. The minimum Gasteiger partial charge on any atom is -0.452 e. The summed E-state index contributed by atoms with van der Waals surface area (Å²) in [4.78, 5) is 23.9. The Morgan fingerprint density at radius 1 is 1.21 bits per heavy atom. The lowest BCUT2D eigenvalue weighted by Gasteiger charge is -2.20. The highest BCUT2D eigenvalue weighted by Crippen LogP contribution is 2.18. The summed E-state index contributed by atoms with van der Waals surface area (Å²) in [5, 5.41) is 2.67. The molecule has 8 heteroatoms. The molecule has 0 aromatic heterocycles. The van der Waals surface area contributed by atoms with Gasteiger partial charge in [-0.3, -0.25) is 4.79 Å². The number of sulfonamides is 1. The number of hydrogen-bond donors (Lipinski definition) is 1. The van der Waals surface area contributed by atoms with Crippen molar-refractivity contribution in [3.8, 4) is 0 Å². The van der Waals surface area contributed by atoms with E-state index in [1.165, 1.54) is 32.3 Å². The zero-order chi connectivity index (χ0) is 18.7. The van der Waals surface area contributed by atoms with Crippen molar-refractivity contribution < 1.29 is 22.7 Å². The summed E-state index contributed by atoms with van der Waals surface area (Å²) in [6, 6.07) is 4.21. The van der Waals surface area contributed by atoms with Crippen LogP contribution in [0, 0.1) is 6.92 Å². The summed E-state index contributed by atoms with van der Waals surface area (Å²) in [5.41, 5.74) is 0.245. The molecule has 1 amide bonds. The van der Waals surface area contributed by atoms with Crippen LogP contribution in [-0.4, -0.2) is 50.8 Å². The number of amides is 1. The van der Waals surface area contributed by atoms with E-state index in [0.717, 1.165) is 4.31 Å². The van der Waals surface area contributed by atoms with Crippen molar-refractivity contribution >= 4 is 21.9 Å². The van der Waals surface area contributed by atoms with Crippen LogP contribution >= 0.6 is 0 Å². The first kappa shape index (κ1) is 20.1. The quantitative estimate of drug-likeness (QED) is 0.803.